The summed E-state index contributed by atoms with van der Waals surface area (Å²) in [5.41, 5.74) is 2.51. The molecule has 0 unspecified atom stereocenters. The maximum absolute atomic E-state index is 11.5. The van der Waals surface area contributed by atoms with Gasteiger partial charge in [-0.15, -0.1) is 11.8 Å². The van der Waals surface area contributed by atoms with E-state index in [0.29, 0.717) is 23.7 Å². The first kappa shape index (κ1) is 14.3. The Hall–Kier alpha value is -2.12. The summed E-state index contributed by atoms with van der Waals surface area (Å²) in [6, 6.07) is 6.95. The zero-order valence-electron chi connectivity index (χ0n) is 10.7. The van der Waals surface area contributed by atoms with Crippen LogP contribution >= 0.6 is 11.8 Å². The molecule has 3 N–H and O–H groups in total. The number of ether oxygens (including phenoxy) is 1. The van der Waals surface area contributed by atoms with Crippen molar-refractivity contribution < 1.29 is 9.53 Å². The van der Waals surface area contributed by atoms with E-state index in [2.05, 4.69) is 15.4 Å². The van der Waals surface area contributed by atoms with Crippen molar-refractivity contribution in [2.24, 2.45) is 5.84 Å². The molecular formula is C13H14N4O2S. The van der Waals surface area contributed by atoms with Gasteiger partial charge >= 0.3 is 0 Å². The molecule has 1 heterocycles. The predicted octanol–water partition coefficient (Wildman–Crippen LogP) is 1.25. The molecule has 6 nitrogen and oxygen atoms in total. The van der Waals surface area contributed by atoms with Crippen molar-refractivity contribution in [3.63, 3.8) is 0 Å². The summed E-state index contributed by atoms with van der Waals surface area (Å²) in [5, 5.41) is 0.837. The summed E-state index contributed by atoms with van der Waals surface area (Å²) in [5.74, 6) is 5.97. The first-order valence-corrected chi connectivity index (χ1v) is 6.91. The molecule has 20 heavy (non-hydrogen) atoms. The van der Waals surface area contributed by atoms with Crippen molar-refractivity contribution in [3.8, 4) is 5.75 Å². The van der Waals surface area contributed by atoms with E-state index in [9.17, 15) is 4.79 Å². The van der Waals surface area contributed by atoms with Gasteiger partial charge in [0.2, 0.25) is 0 Å². The Morgan fingerprint density at radius 2 is 2.20 bits per heavy atom. The van der Waals surface area contributed by atoms with Crippen molar-refractivity contribution in [1.29, 1.82) is 0 Å². The van der Waals surface area contributed by atoms with Crippen LogP contribution in [0.5, 0.6) is 5.75 Å². The van der Waals surface area contributed by atoms with E-state index in [-0.39, 0.29) is 5.91 Å². The summed E-state index contributed by atoms with van der Waals surface area (Å²) >= 11 is 1.54. The summed E-state index contributed by atoms with van der Waals surface area (Å²) in [7, 11) is 0. The molecule has 104 valence electrons. The summed E-state index contributed by atoms with van der Waals surface area (Å²) in [6.45, 7) is 0.454. The molecule has 0 radical (unpaired) electrons. The molecule has 0 aliphatic carbocycles. The maximum Gasteiger partial charge on any atom is 0.268 e. The average molecular weight is 290 g/mol. The molecule has 0 saturated carbocycles. The normalized spacial score (nSPS) is 10.1. The number of nitrogens with one attached hydrogen (secondary N) is 1. The molecule has 1 aromatic heterocycles. The predicted molar refractivity (Wildman–Crippen MR) is 76.3 cm³/mol. The minimum Gasteiger partial charge on any atom is -0.492 e. The van der Waals surface area contributed by atoms with E-state index in [0.717, 1.165) is 5.03 Å². The number of thioether (sulfide) groups is 1. The Kier molecular flexibility index (Phi) is 5.33. The van der Waals surface area contributed by atoms with E-state index in [1.54, 1.807) is 42.9 Å². The highest BCUT2D eigenvalue weighted by atomic mass is 32.2. The van der Waals surface area contributed by atoms with Crippen LogP contribution in [0.2, 0.25) is 0 Å². The monoisotopic (exact) mass is 290 g/mol. The molecule has 0 atom stereocenters. The van der Waals surface area contributed by atoms with Crippen molar-refractivity contribution in [2.45, 2.75) is 5.03 Å². The Balaban J connectivity index is 1.87. The van der Waals surface area contributed by atoms with Crippen LogP contribution in [0.15, 0.2) is 47.9 Å². The Morgan fingerprint density at radius 1 is 1.35 bits per heavy atom. The largest absolute Gasteiger partial charge is 0.492 e. The summed E-state index contributed by atoms with van der Waals surface area (Å²) in [4.78, 5) is 19.7. The topological polar surface area (TPSA) is 90.1 Å². The van der Waals surface area contributed by atoms with Gasteiger partial charge in [-0.05, 0) is 12.1 Å². The van der Waals surface area contributed by atoms with Gasteiger partial charge in [-0.25, -0.2) is 10.8 Å². The fourth-order valence-corrected chi connectivity index (χ4v) is 2.16. The van der Waals surface area contributed by atoms with Crippen molar-refractivity contribution >= 4 is 17.7 Å². The zero-order chi connectivity index (χ0) is 14.2. The number of nitrogens with zero attached hydrogens (tertiary/aromatic N) is 2. The number of benzene rings is 1. The average Bonchev–Trinajstić information content (AvgIpc) is 2.52. The van der Waals surface area contributed by atoms with Crippen molar-refractivity contribution in [2.75, 3.05) is 12.4 Å². The third-order valence-corrected chi connectivity index (χ3v) is 3.27. The number of rotatable bonds is 6. The van der Waals surface area contributed by atoms with Crippen LogP contribution in [-0.2, 0) is 0 Å². The first-order chi connectivity index (χ1) is 9.81. The van der Waals surface area contributed by atoms with Crippen LogP contribution in [0.4, 0.5) is 0 Å². The molecule has 1 aromatic carbocycles. The van der Waals surface area contributed by atoms with Gasteiger partial charge in [-0.2, -0.15) is 0 Å². The Morgan fingerprint density at radius 3 is 2.95 bits per heavy atom. The molecule has 7 heteroatoms. The standard InChI is InChI=1S/C13H14N4O2S/c14-17-13(18)10-3-1-2-4-11(10)19-7-8-20-12-9-15-5-6-16-12/h1-6,9H,7-8,14H2,(H,17,18). The van der Waals surface area contributed by atoms with Gasteiger partial charge in [0, 0.05) is 18.1 Å². The fourth-order valence-electron chi connectivity index (χ4n) is 1.52. The second kappa shape index (κ2) is 7.46. The lowest BCUT2D eigenvalue weighted by Gasteiger charge is -2.09. The lowest BCUT2D eigenvalue weighted by Crippen LogP contribution is -2.30. The lowest BCUT2D eigenvalue weighted by molar-refractivity contribution is 0.0950. The maximum atomic E-state index is 11.5. The van der Waals surface area contributed by atoms with Crippen molar-refractivity contribution in [1.82, 2.24) is 15.4 Å². The van der Waals surface area contributed by atoms with Gasteiger partial charge in [-0.1, -0.05) is 12.1 Å². The van der Waals surface area contributed by atoms with Crippen LogP contribution in [0.3, 0.4) is 0 Å². The number of nitrogen functional groups attached to an aromatic ring is 1. The van der Waals surface area contributed by atoms with E-state index >= 15 is 0 Å². The second-order valence-corrected chi connectivity index (χ2v) is 4.83. The number of carbonyl (C=O) groups is 1. The first-order valence-electron chi connectivity index (χ1n) is 5.93. The Bertz CT molecular complexity index is 565. The van der Waals surface area contributed by atoms with Crippen molar-refractivity contribution in [3.05, 3.63) is 48.4 Å². The van der Waals surface area contributed by atoms with Crippen LogP contribution in [-0.4, -0.2) is 28.2 Å². The number of aromatic nitrogens is 2. The number of para-hydroxylation sites is 1. The minimum absolute atomic E-state index is 0.373. The molecule has 1 amide bonds. The Labute approximate surface area is 120 Å². The number of nitrogens with two attached hydrogens (primary N) is 1. The third-order valence-electron chi connectivity index (χ3n) is 2.39. The van der Waals surface area contributed by atoms with E-state index in [1.807, 2.05) is 0 Å². The van der Waals surface area contributed by atoms with Gasteiger partial charge in [0.05, 0.1) is 18.4 Å². The highest BCUT2D eigenvalue weighted by Gasteiger charge is 2.10. The number of amides is 1. The lowest BCUT2D eigenvalue weighted by atomic mass is 10.2. The SMILES string of the molecule is NNC(=O)c1ccccc1OCCSc1cnccn1. The quantitative estimate of drug-likeness (QED) is 0.274. The molecule has 0 fully saturated rings. The molecule has 0 saturated heterocycles. The van der Waals surface area contributed by atoms with Gasteiger partial charge < -0.3 is 4.74 Å². The highest BCUT2D eigenvalue weighted by molar-refractivity contribution is 7.99. The fraction of sp³-hybridized carbons (Fsp3) is 0.154. The third kappa shape index (κ3) is 3.94. The zero-order valence-corrected chi connectivity index (χ0v) is 11.5. The molecule has 2 rings (SSSR count). The molecule has 2 aromatic rings. The number of hydrogen-bond acceptors (Lipinski definition) is 6. The van der Waals surface area contributed by atoms with Gasteiger partial charge in [-0.3, -0.25) is 15.2 Å². The smallest absolute Gasteiger partial charge is 0.268 e. The highest BCUT2D eigenvalue weighted by Crippen LogP contribution is 2.19. The van der Waals surface area contributed by atoms with Gasteiger partial charge in [0.25, 0.3) is 5.91 Å². The molecule has 0 spiro atoms. The van der Waals surface area contributed by atoms with Crippen LogP contribution < -0.4 is 16.0 Å². The second-order valence-electron chi connectivity index (χ2n) is 3.71. The number of hydrogen-bond donors (Lipinski definition) is 2. The minimum atomic E-state index is -0.373. The summed E-state index contributed by atoms with van der Waals surface area (Å²) in [6.07, 6.45) is 4.97. The number of carbonyl (C=O) groups excluding carboxylic acids is 1. The molecule has 0 bridgehead atoms. The van der Waals surface area contributed by atoms with Crippen LogP contribution in [0.1, 0.15) is 10.4 Å². The van der Waals surface area contributed by atoms with E-state index < -0.39 is 0 Å². The van der Waals surface area contributed by atoms with Gasteiger partial charge in [0.15, 0.2) is 0 Å². The number of hydrazine groups is 1. The molecule has 0 aliphatic heterocycles. The van der Waals surface area contributed by atoms with Gasteiger partial charge in [0.1, 0.15) is 10.8 Å². The van der Waals surface area contributed by atoms with E-state index in [1.165, 1.54) is 11.8 Å². The molecule has 0 aliphatic rings. The summed E-state index contributed by atoms with van der Waals surface area (Å²) < 4.78 is 5.60. The molecular weight excluding hydrogens is 276 g/mol. The van der Waals surface area contributed by atoms with Crippen LogP contribution in [0.25, 0.3) is 0 Å². The van der Waals surface area contributed by atoms with Crippen LogP contribution in [0, 0.1) is 0 Å². The van der Waals surface area contributed by atoms with E-state index in [4.69, 9.17) is 10.6 Å².